The van der Waals surface area contributed by atoms with Crippen LogP contribution in [0.25, 0.3) is 22.0 Å². The standard InChI is InChI=1S/C27H29N5O/c1-3-31-14-16-32(17-15-31)23-8-5-7-22(18-23)29-27-28-19-21-6-4-9-25(26(21)30-27)20-10-12-24(33-2)13-11-20/h4-13,18-19H,3,14-17H2,1-2H3,(H,28,29,30). The van der Waals surface area contributed by atoms with Gasteiger partial charge in [0.1, 0.15) is 5.75 Å². The predicted octanol–water partition coefficient (Wildman–Crippen LogP) is 5.19. The van der Waals surface area contributed by atoms with Crippen molar-refractivity contribution in [3.63, 3.8) is 0 Å². The van der Waals surface area contributed by atoms with E-state index in [4.69, 9.17) is 9.72 Å². The summed E-state index contributed by atoms with van der Waals surface area (Å²) in [6, 6.07) is 22.8. The highest BCUT2D eigenvalue weighted by molar-refractivity contribution is 5.94. The number of rotatable bonds is 6. The van der Waals surface area contributed by atoms with Crippen LogP contribution in [-0.2, 0) is 0 Å². The second-order valence-corrected chi connectivity index (χ2v) is 8.26. The Morgan fingerprint density at radius 1 is 0.939 bits per heavy atom. The summed E-state index contributed by atoms with van der Waals surface area (Å²) in [6.45, 7) is 7.66. The molecule has 0 spiro atoms. The van der Waals surface area contributed by atoms with Crippen molar-refractivity contribution in [3.8, 4) is 16.9 Å². The van der Waals surface area contributed by atoms with Crippen molar-refractivity contribution < 1.29 is 4.74 Å². The highest BCUT2D eigenvalue weighted by Gasteiger charge is 2.16. The Balaban J connectivity index is 1.40. The number of fused-ring (bicyclic) bond motifs is 1. The molecular formula is C27H29N5O. The van der Waals surface area contributed by atoms with Crippen molar-refractivity contribution >= 4 is 28.2 Å². The van der Waals surface area contributed by atoms with Crippen LogP contribution < -0.4 is 15.0 Å². The molecule has 1 saturated heterocycles. The second kappa shape index (κ2) is 9.46. The van der Waals surface area contributed by atoms with Gasteiger partial charge in [-0.15, -0.1) is 0 Å². The number of methoxy groups -OCH3 is 1. The fraction of sp³-hybridized carbons (Fsp3) is 0.259. The monoisotopic (exact) mass is 439 g/mol. The van der Waals surface area contributed by atoms with Crippen LogP contribution in [0, 0.1) is 0 Å². The average molecular weight is 440 g/mol. The van der Waals surface area contributed by atoms with Crippen LogP contribution in [0.1, 0.15) is 6.92 Å². The minimum absolute atomic E-state index is 0.594. The fourth-order valence-corrected chi connectivity index (χ4v) is 4.35. The smallest absolute Gasteiger partial charge is 0.227 e. The zero-order chi connectivity index (χ0) is 22.6. The van der Waals surface area contributed by atoms with Gasteiger partial charge in [0.05, 0.1) is 12.6 Å². The first kappa shape index (κ1) is 21.2. The van der Waals surface area contributed by atoms with Crippen LogP contribution in [0.5, 0.6) is 5.75 Å². The second-order valence-electron chi connectivity index (χ2n) is 8.26. The van der Waals surface area contributed by atoms with Gasteiger partial charge in [0, 0.05) is 54.7 Å². The highest BCUT2D eigenvalue weighted by atomic mass is 16.5. The van der Waals surface area contributed by atoms with Crippen molar-refractivity contribution in [2.45, 2.75) is 6.92 Å². The molecule has 0 bridgehead atoms. The third kappa shape index (κ3) is 4.61. The zero-order valence-corrected chi connectivity index (χ0v) is 19.2. The van der Waals surface area contributed by atoms with E-state index in [-0.39, 0.29) is 0 Å². The first-order valence-electron chi connectivity index (χ1n) is 11.5. The van der Waals surface area contributed by atoms with Gasteiger partial charge in [-0.05, 0) is 42.4 Å². The lowest BCUT2D eigenvalue weighted by atomic mass is 10.0. The molecule has 0 amide bonds. The summed E-state index contributed by atoms with van der Waals surface area (Å²) in [5.74, 6) is 1.43. The van der Waals surface area contributed by atoms with Gasteiger partial charge >= 0.3 is 0 Å². The van der Waals surface area contributed by atoms with Crippen molar-refractivity contribution in [2.24, 2.45) is 0 Å². The lowest BCUT2D eigenvalue weighted by Crippen LogP contribution is -2.46. The van der Waals surface area contributed by atoms with E-state index in [2.05, 4.69) is 69.5 Å². The molecule has 1 aliphatic rings. The number of benzene rings is 3. The molecule has 33 heavy (non-hydrogen) atoms. The summed E-state index contributed by atoms with van der Waals surface area (Å²) in [5.41, 5.74) is 5.32. The molecule has 1 aromatic heterocycles. The van der Waals surface area contributed by atoms with Gasteiger partial charge in [0.15, 0.2) is 0 Å². The van der Waals surface area contributed by atoms with E-state index >= 15 is 0 Å². The molecular weight excluding hydrogens is 410 g/mol. The summed E-state index contributed by atoms with van der Waals surface area (Å²) in [4.78, 5) is 14.4. The highest BCUT2D eigenvalue weighted by Crippen LogP contribution is 2.30. The molecule has 0 unspecified atom stereocenters. The first-order chi connectivity index (χ1) is 16.2. The van der Waals surface area contributed by atoms with Crippen LogP contribution in [0.2, 0.25) is 0 Å². The number of nitrogens with one attached hydrogen (secondary N) is 1. The minimum atomic E-state index is 0.594. The van der Waals surface area contributed by atoms with Gasteiger partial charge in [-0.3, -0.25) is 0 Å². The number of anilines is 3. The fourth-order valence-electron chi connectivity index (χ4n) is 4.35. The summed E-state index contributed by atoms with van der Waals surface area (Å²) in [7, 11) is 1.68. The van der Waals surface area contributed by atoms with Crippen LogP contribution >= 0.6 is 0 Å². The molecule has 0 radical (unpaired) electrons. The van der Waals surface area contributed by atoms with Crippen LogP contribution in [0.4, 0.5) is 17.3 Å². The number of para-hydroxylation sites is 1. The summed E-state index contributed by atoms with van der Waals surface area (Å²) < 4.78 is 5.30. The Labute approximate surface area is 194 Å². The minimum Gasteiger partial charge on any atom is -0.497 e. The quantitative estimate of drug-likeness (QED) is 0.446. The number of nitrogens with zero attached hydrogens (tertiary/aromatic N) is 4. The van der Waals surface area contributed by atoms with Gasteiger partial charge in [0.25, 0.3) is 0 Å². The van der Waals surface area contributed by atoms with Crippen molar-refractivity contribution in [3.05, 3.63) is 72.9 Å². The Kier molecular flexibility index (Phi) is 6.09. The number of aromatic nitrogens is 2. The third-order valence-electron chi connectivity index (χ3n) is 6.30. The van der Waals surface area contributed by atoms with Gasteiger partial charge in [0.2, 0.25) is 5.95 Å². The summed E-state index contributed by atoms with van der Waals surface area (Å²) >= 11 is 0. The van der Waals surface area contributed by atoms with E-state index in [0.29, 0.717) is 5.95 Å². The molecule has 0 aliphatic carbocycles. The number of hydrogen-bond donors (Lipinski definition) is 1. The van der Waals surface area contributed by atoms with Crippen LogP contribution in [0.15, 0.2) is 72.9 Å². The summed E-state index contributed by atoms with van der Waals surface area (Å²) in [5, 5.41) is 4.42. The lowest BCUT2D eigenvalue weighted by Gasteiger charge is -2.35. The molecule has 0 atom stereocenters. The SMILES string of the molecule is CCN1CCN(c2cccc(Nc3ncc4cccc(-c5ccc(OC)cc5)c4n3)c2)CC1. The van der Waals surface area contributed by atoms with Gasteiger partial charge in [-0.1, -0.05) is 43.3 Å². The molecule has 3 aromatic carbocycles. The zero-order valence-electron chi connectivity index (χ0n) is 19.2. The maximum Gasteiger partial charge on any atom is 0.227 e. The Bertz CT molecular complexity index is 1230. The number of ether oxygens (including phenoxy) is 1. The van der Waals surface area contributed by atoms with E-state index in [0.717, 1.165) is 66.2 Å². The maximum atomic E-state index is 5.30. The van der Waals surface area contributed by atoms with Crippen molar-refractivity contribution in [1.29, 1.82) is 0 Å². The number of piperazine rings is 1. The number of hydrogen-bond acceptors (Lipinski definition) is 6. The van der Waals surface area contributed by atoms with Gasteiger partial charge in [-0.2, -0.15) is 0 Å². The van der Waals surface area contributed by atoms with Crippen molar-refractivity contribution in [2.75, 3.05) is 50.1 Å². The van der Waals surface area contributed by atoms with Crippen LogP contribution in [0.3, 0.4) is 0 Å². The Morgan fingerprint density at radius 3 is 2.48 bits per heavy atom. The average Bonchev–Trinajstić information content (AvgIpc) is 2.88. The molecule has 168 valence electrons. The topological polar surface area (TPSA) is 53.5 Å². The molecule has 6 nitrogen and oxygen atoms in total. The Morgan fingerprint density at radius 2 is 1.73 bits per heavy atom. The molecule has 2 heterocycles. The molecule has 4 aromatic rings. The van der Waals surface area contributed by atoms with Crippen LogP contribution in [-0.4, -0.2) is 54.7 Å². The first-order valence-corrected chi connectivity index (χ1v) is 11.5. The molecule has 1 aliphatic heterocycles. The van der Waals surface area contributed by atoms with E-state index in [1.54, 1.807) is 7.11 Å². The third-order valence-corrected chi connectivity index (χ3v) is 6.30. The summed E-state index contributed by atoms with van der Waals surface area (Å²) in [6.07, 6.45) is 1.88. The van der Waals surface area contributed by atoms with E-state index in [9.17, 15) is 0 Å². The van der Waals surface area contributed by atoms with E-state index in [1.165, 1.54) is 5.69 Å². The maximum absolute atomic E-state index is 5.30. The largest absolute Gasteiger partial charge is 0.497 e. The molecule has 6 heteroatoms. The predicted molar refractivity (Wildman–Crippen MR) is 136 cm³/mol. The normalized spacial score (nSPS) is 14.4. The van der Waals surface area contributed by atoms with Gasteiger partial charge in [-0.25, -0.2) is 9.97 Å². The van der Waals surface area contributed by atoms with Gasteiger partial charge < -0.3 is 19.9 Å². The van der Waals surface area contributed by atoms with E-state index in [1.807, 2.05) is 30.5 Å². The van der Waals surface area contributed by atoms with E-state index < -0.39 is 0 Å². The molecule has 5 rings (SSSR count). The molecule has 0 saturated carbocycles. The Hall–Kier alpha value is -3.64. The van der Waals surface area contributed by atoms with Crippen molar-refractivity contribution in [1.82, 2.24) is 14.9 Å². The molecule has 1 fully saturated rings. The number of likely N-dealkylation sites (N-methyl/N-ethyl adjacent to an activating group) is 1. The molecule has 1 N–H and O–H groups in total. The lowest BCUT2D eigenvalue weighted by molar-refractivity contribution is 0.271.